The van der Waals surface area contributed by atoms with Crippen molar-refractivity contribution in [3.05, 3.63) is 58.7 Å². The molecular formula is C19H15N3O3S. The van der Waals surface area contributed by atoms with E-state index in [2.05, 4.69) is 15.3 Å². The lowest BCUT2D eigenvalue weighted by molar-refractivity contribution is -0.116. The summed E-state index contributed by atoms with van der Waals surface area (Å²) >= 11 is 1.26. The number of amides is 1. The number of fused-ring (bicyclic) bond motifs is 1. The molecule has 0 radical (unpaired) electrons. The molecule has 0 atom stereocenters. The summed E-state index contributed by atoms with van der Waals surface area (Å²) in [6.07, 6.45) is 2.76. The van der Waals surface area contributed by atoms with Gasteiger partial charge in [-0.15, -0.1) is 11.3 Å². The zero-order valence-corrected chi connectivity index (χ0v) is 14.8. The Balaban J connectivity index is 1.56. The van der Waals surface area contributed by atoms with Crippen molar-refractivity contribution in [1.29, 1.82) is 0 Å². The zero-order chi connectivity index (χ0) is 18.1. The van der Waals surface area contributed by atoms with E-state index in [-0.39, 0.29) is 5.91 Å². The lowest BCUT2D eigenvalue weighted by atomic mass is 10.0. The van der Waals surface area contributed by atoms with Gasteiger partial charge in [0.1, 0.15) is 15.6 Å². The topological polar surface area (TPSA) is 81.2 Å². The molecule has 130 valence electrons. The molecule has 26 heavy (non-hydrogen) atoms. The van der Waals surface area contributed by atoms with Crippen molar-refractivity contribution >= 4 is 28.9 Å². The molecule has 0 saturated carbocycles. The Hall–Kier alpha value is -3.06. The highest BCUT2D eigenvalue weighted by molar-refractivity contribution is 7.17. The van der Waals surface area contributed by atoms with Gasteiger partial charge >= 0.3 is 5.97 Å². The summed E-state index contributed by atoms with van der Waals surface area (Å²) in [5.41, 5.74) is 3.08. The van der Waals surface area contributed by atoms with Crippen molar-refractivity contribution in [2.75, 3.05) is 5.32 Å². The maximum Gasteiger partial charge on any atom is 0.355 e. The Morgan fingerprint density at radius 1 is 1.23 bits per heavy atom. The number of anilines is 1. The molecule has 0 bridgehead atoms. The summed E-state index contributed by atoms with van der Waals surface area (Å²) in [6, 6.07) is 10.8. The van der Waals surface area contributed by atoms with Gasteiger partial charge in [0.25, 0.3) is 0 Å². The van der Waals surface area contributed by atoms with E-state index in [9.17, 15) is 9.59 Å². The molecule has 1 amide bonds. The van der Waals surface area contributed by atoms with Crippen LogP contribution in [0.2, 0.25) is 0 Å². The maximum absolute atomic E-state index is 12.6. The summed E-state index contributed by atoms with van der Waals surface area (Å²) < 4.78 is 5.52. The van der Waals surface area contributed by atoms with E-state index in [4.69, 9.17) is 4.74 Å². The number of hydrogen-bond donors (Lipinski definition) is 1. The predicted molar refractivity (Wildman–Crippen MR) is 98.4 cm³/mol. The standard InChI is InChI=1S/C19H15N3O3S/c1-11-17(26-18(21-11)15-4-2-3-9-20-15)19(24)25-13-6-7-14-12(10-13)5-8-16(23)22-14/h2-4,6-7,9-10H,5,8H2,1H3,(H,22,23). The van der Waals surface area contributed by atoms with Crippen LogP contribution in [0.4, 0.5) is 5.69 Å². The number of nitrogens with zero attached hydrogens (tertiary/aromatic N) is 2. The van der Waals surface area contributed by atoms with Gasteiger partial charge < -0.3 is 10.1 Å². The van der Waals surface area contributed by atoms with Crippen LogP contribution in [0.3, 0.4) is 0 Å². The fourth-order valence-corrected chi connectivity index (χ4v) is 3.68. The molecule has 6 nitrogen and oxygen atoms in total. The first kappa shape index (κ1) is 16.4. The Morgan fingerprint density at radius 3 is 2.92 bits per heavy atom. The Bertz CT molecular complexity index is 999. The van der Waals surface area contributed by atoms with Crippen molar-refractivity contribution in [3.8, 4) is 16.5 Å². The van der Waals surface area contributed by atoms with Crippen molar-refractivity contribution in [2.45, 2.75) is 19.8 Å². The fourth-order valence-electron chi connectivity index (χ4n) is 2.76. The minimum absolute atomic E-state index is 0.00424. The van der Waals surface area contributed by atoms with Crippen LogP contribution in [0.25, 0.3) is 10.7 Å². The van der Waals surface area contributed by atoms with Crippen LogP contribution in [0.5, 0.6) is 5.75 Å². The van der Waals surface area contributed by atoms with Crippen molar-refractivity contribution in [3.63, 3.8) is 0 Å². The molecule has 1 N–H and O–H groups in total. The molecule has 0 saturated heterocycles. The average molecular weight is 365 g/mol. The molecule has 0 aliphatic carbocycles. The second kappa shape index (κ2) is 6.68. The first-order chi connectivity index (χ1) is 12.6. The molecule has 1 aliphatic rings. The molecular weight excluding hydrogens is 350 g/mol. The van der Waals surface area contributed by atoms with Crippen LogP contribution < -0.4 is 10.1 Å². The second-order valence-corrected chi connectivity index (χ2v) is 6.90. The van der Waals surface area contributed by atoms with Gasteiger partial charge in [-0.05, 0) is 49.2 Å². The number of rotatable bonds is 3. The number of esters is 1. The van der Waals surface area contributed by atoms with Gasteiger partial charge in [-0.25, -0.2) is 9.78 Å². The molecule has 0 spiro atoms. The number of carbonyl (C=O) groups is 2. The third-order valence-electron chi connectivity index (χ3n) is 4.05. The molecule has 3 aromatic rings. The lowest BCUT2D eigenvalue weighted by Crippen LogP contribution is -2.19. The van der Waals surface area contributed by atoms with Crippen LogP contribution in [-0.4, -0.2) is 21.8 Å². The number of hydrogen-bond acceptors (Lipinski definition) is 6. The number of benzene rings is 1. The van der Waals surface area contributed by atoms with Crippen molar-refractivity contribution < 1.29 is 14.3 Å². The van der Waals surface area contributed by atoms with E-state index in [0.717, 1.165) is 16.9 Å². The number of aryl methyl sites for hydroxylation is 2. The Labute approximate surface area is 153 Å². The highest BCUT2D eigenvalue weighted by Crippen LogP contribution is 2.30. The SMILES string of the molecule is Cc1nc(-c2ccccn2)sc1C(=O)Oc1ccc2c(c1)CCC(=O)N2. The minimum atomic E-state index is -0.443. The smallest absolute Gasteiger partial charge is 0.355 e. The fraction of sp³-hybridized carbons (Fsp3) is 0.158. The number of aromatic nitrogens is 2. The van der Waals surface area contributed by atoms with Gasteiger partial charge in [-0.1, -0.05) is 6.07 Å². The van der Waals surface area contributed by atoms with E-state index in [1.165, 1.54) is 11.3 Å². The normalized spacial score (nSPS) is 13.0. The van der Waals surface area contributed by atoms with Crippen LogP contribution in [0.1, 0.15) is 27.3 Å². The summed E-state index contributed by atoms with van der Waals surface area (Å²) in [7, 11) is 0. The predicted octanol–water partition coefficient (Wildman–Crippen LogP) is 3.62. The van der Waals surface area contributed by atoms with Crippen LogP contribution in [0.15, 0.2) is 42.6 Å². The number of nitrogens with one attached hydrogen (secondary N) is 1. The minimum Gasteiger partial charge on any atom is -0.422 e. The summed E-state index contributed by atoms with van der Waals surface area (Å²) in [5, 5.41) is 3.49. The van der Waals surface area contributed by atoms with Crippen LogP contribution in [-0.2, 0) is 11.2 Å². The number of ether oxygens (including phenoxy) is 1. The third kappa shape index (κ3) is 3.21. The monoisotopic (exact) mass is 365 g/mol. The molecule has 3 heterocycles. The first-order valence-corrected chi connectivity index (χ1v) is 8.95. The Kier molecular flexibility index (Phi) is 4.22. The van der Waals surface area contributed by atoms with E-state index < -0.39 is 5.97 Å². The zero-order valence-electron chi connectivity index (χ0n) is 14.0. The van der Waals surface area contributed by atoms with E-state index in [1.54, 1.807) is 31.3 Å². The van der Waals surface area contributed by atoms with Gasteiger partial charge in [0, 0.05) is 18.3 Å². The summed E-state index contributed by atoms with van der Waals surface area (Å²) in [5.74, 6) is 0.0173. The van der Waals surface area contributed by atoms with Gasteiger partial charge in [-0.2, -0.15) is 0 Å². The van der Waals surface area contributed by atoms with Gasteiger partial charge in [0.2, 0.25) is 5.91 Å². The Morgan fingerprint density at radius 2 is 2.12 bits per heavy atom. The van der Waals surface area contributed by atoms with Gasteiger partial charge in [0.05, 0.1) is 11.4 Å². The maximum atomic E-state index is 12.6. The lowest BCUT2D eigenvalue weighted by Gasteiger charge is -2.17. The summed E-state index contributed by atoms with van der Waals surface area (Å²) in [6.45, 7) is 1.78. The highest BCUT2D eigenvalue weighted by atomic mass is 32.1. The van der Waals surface area contributed by atoms with E-state index in [0.29, 0.717) is 34.2 Å². The summed E-state index contributed by atoms with van der Waals surface area (Å²) in [4.78, 5) is 33.1. The number of thiazole rings is 1. The average Bonchev–Trinajstić information content (AvgIpc) is 3.04. The van der Waals surface area contributed by atoms with Crippen LogP contribution in [0, 0.1) is 6.92 Å². The van der Waals surface area contributed by atoms with Gasteiger partial charge in [0.15, 0.2) is 0 Å². The quantitative estimate of drug-likeness (QED) is 0.566. The molecule has 7 heteroatoms. The first-order valence-electron chi connectivity index (χ1n) is 8.14. The van der Waals surface area contributed by atoms with Crippen molar-refractivity contribution in [1.82, 2.24) is 9.97 Å². The van der Waals surface area contributed by atoms with Gasteiger partial charge in [-0.3, -0.25) is 9.78 Å². The van der Waals surface area contributed by atoms with Crippen molar-refractivity contribution in [2.24, 2.45) is 0 Å². The highest BCUT2D eigenvalue weighted by Gasteiger charge is 2.20. The molecule has 0 unspecified atom stereocenters. The second-order valence-electron chi connectivity index (χ2n) is 5.91. The van der Waals surface area contributed by atoms with Crippen LogP contribution >= 0.6 is 11.3 Å². The molecule has 2 aromatic heterocycles. The molecule has 0 fully saturated rings. The van der Waals surface area contributed by atoms with E-state index >= 15 is 0 Å². The molecule has 1 aromatic carbocycles. The number of carbonyl (C=O) groups excluding carboxylic acids is 2. The largest absolute Gasteiger partial charge is 0.422 e. The molecule has 1 aliphatic heterocycles. The third-order valence-corrected chi connectivity index (χ3v) is 5.21. The molecule has 4 rings (SSSR count). The number of pyridine rings is 1. The van der Waals surface area contributed by atoms with E-state index in [1.807, 2.05) is 18.2 Å².